The van der Waals surface area contributed by atoms with E-state index < -0.39 is 0 Å². The Morgan fingerprint density at radius 3 is 2.52 bits per heavy atom. The van der Waals surface area contributed by atoms with Gasteiger partial charge in [0.1, 0.15) is 5.69 Å². The number of anilines is 1. The topological polar surface area (TPSA) is 38.1 Å². The summed E-state index contributed by atoms with van der Waals surface area (Å²) < 4.78 is 5.27. The highest BCUT2D eigenvalue weighted by Gasteiger charge is 2.07. The van der Waals surface area contributed by atoms with E-state index in [4.69, 9.17) is 27.7 Å². The van der Waals surface area contributed by atoms with Crippen LogP contribution in [-0.2, 0) is 6.54 Å². The van der Waals surface area contributed by atoms with E-state index in [0.29, 0.717) is 17.5 Å². The van der Waals surface area contributed by atoms with Gasteiger partial charge in [0.15, 0.2) is 0 Å². The van der Waals surface area contributed by atoms with Crippen LogP contribution in [0.4, 0.5) is 5.88 Å². The van der Waals surface area contributed by atoms with Crippen molar-refractivity contribution >= 4 is 29.1 Å². The van der Waals surface area contributed by atoms with Crippen molar-refractivity contribution in [3.8, 4) is 11.3 Å². The molecule has 0 saturated heterocycles. The number of hydrogen-bond donors (Lipinski definition) is 1. The normalized spacial score (nSPS) is 10.6. The lowest BCUT2D eigenvalue weighted by Crippen LogP contribution is -1.98. The molecule has 1 N–H and O–H groups in total. The van der Waals surface area contributed by atoms with E-state index in [2.05, 4.69) is 10.5 Å². The van der Waals surface area contributed by atoms with Crippen molar-refractivity contribution in [3.63, 3.8) is 0 Å². The zero-order chi connectivity index (χ0) is 14.7. The summed E-state index contributed by atoms with van der Waals surface area (Å²) >= 11 is 12.0. The van der Waals surface area contributed by atoms with Gasteiger partial charge in [0.05, 0.1) is 0 Å². The zero-order valence-electron chi connectivity index (χ0n) is 11.0. The summed E-state index contributed by atoms with van der Waals surface area (Å²) in [5.41, 5.74) is 2.71. The summed E-state index contributed by atoms with van der Waals surface area (Å²) in [6.07, 6.45) is 0. The Kier molecular flexibility index (Phi) is 4.13. The molecule has 0 aliphatic rings. The molecular weight excluding hydrogens is 307 g/mol. The van der Waals surface area contributed by atoms with Crippen molar-refractivity contribution in [2.24, 2.45) is 0 Å². The minimum absolute atomic E-state index is 0.578. The van der Waals surface area contributed by atoms with Crippen molar-refractivity contribution in [1.29, 1.82) is 0 Å². The molecule has 0 aliphatic carbocycles. The highest BCUT2D eigenvalue weighted by atomic mass is 35.5. The fourth-order valence-electron chi connectivity index (χ4n) is 1.94. The van der Waals surface area contributed by atoms with Gasteiger partial charge in [0.2, 0.25) is 5.88 Å². The molecule has 21 heavy (non-hydrogen) atoms. The van der Waals surface area contributed by atoms with Crippen LogP contribution in [0, 0.1) is 0 Å². The number of aromatic nitrogens is 1. The number of benzene rings is 2. The molecule has 1 heterocycles. The second-order valence-corrected chi connectivity index (χ2v) is 5.37. The van der Waals surface area contributed by atoms with Crippen molar-refractivity contribution in [1.82, 2.24) is 5.16 Å². The molecule has 1 aromatic heterocycles. The molecule has 5 heteroatoms. The van der Waals surface area contributed by atoms with Gasteiger partial charge in [-0.25, -0.2) is 0 Å². The number of rotatable bonds is 4. The third kappa shape index (κ3) is 3.38. The number of hydrogen-bond acceptors (Lipinski definition) is 3. The minimum atomic E-state index is 0.578. The van der Waals surface area contributed by atoms with Gasteiger partial charge in [0, 0.05) is 28.2 Å². The molecule has 3 rings (SSSR count). The third-order valence-corrected chi connectivity index (χ3v) is 3.68. The average Bonchev–Trinajstić information content (AvgIpc) is 2.96. The van der Waals surface area contributed by atoms with Crippen molar-refractivity contribution in [2.75, 3.05) is 5.32 Å². The first-order valence-corrected chi connectivity index (χ1v) is 7.18. The maximum Gasteiger partial charge on any atom is 0.225 e. The fourth-order valence-corrected chi connectivity index (χ4v) is 2.27. The van der Waals surface area contributed by atoms with Gasteiger partial charge in [0.25, 0.3) is 0 Å². The summed E-state index contributed by atoms with van der Waals surface area (Å²) in [6, 6.07) is 17.0. The number of nitrogens with one attached hydrogen (secondary N) is 1. The molecule has 0 unspecified atom stereocenters. The van der Waals surface area contributed by atoms with Crippen molar-refractivity contribution in [2.45, 2.75) is 6.54 Å². The fraction of sp³-hybridized carbons (Fsp3) is 0.0625. The van der Waals surface area contributed by atoms with E-state index >= 15 is 0 Å². The zero-order valence-corrected chi connectivity index (χ0v) is 12.5. The Hall–Kier alpha value is -1.97. The molecule has 0 fully saturated rings. The summed E-state index contributed by atoms with van der Waals surface area (Å²) in [5.74, 6) is 0.597. The second kappa shape index (κ2) is 6.20. The summed E-state index contributed by atoms with van der Waals surface area (Å²) in [4.78, 5) is 0. The average molecular weight is 319 g/mol. The van der Waals surface area contributed by atoms with Crippen LogP contribution < -0.4 is 5.32 Å². The molecule has 2 aromatic carbocycles. The van der Waals surface area contributed by atoms with E-state index in [1.54, 1.807) is 0 Å². The van der Waals surface area contributed by atoms with Gasteiger partial charge >= 0.3 is 0 Å². The Morgan fingerprint density at radius 1 is 1.00 bits per heavy atom. The molecule has 0 aliphatic heterocycles. The van der Waals surface area contributed by atoms with Crippen LogP contribution in [0.15, 0.2) is 59.1 Å². The predicted octanol–water partition coefficient (Wildman–Crippen LogP) is 5.26. The van der Waals surface area contributed by atoms with Gasteiger partial charge in [-0.2, -0.15) is 0 Å². The monoisotopic (exact) mass is 318 g/mol. The molecule has 3 aromatic rings. The van der Waals surface area contributed by atoms with Crippen molar-refractivity contribution < 1.29 is 4.52 Å². The largest absolute Gasteiger partial charge is 0.350 e. The van der Waals surface area contributed by atoms with E-state index in [1.165, 1.54) is 0 Å². The molecule has 0 amide bonds. The molecule has 0 atom stereocenters. The molecule has 3 nitrogen and oxygen atoms in total. The van der Waals surface area contributed by atoms with Gasteiger partial charge in [-0.1, -0.05) is 58.7 Å². The van der Waals surface area contributed by atoms with Crippen LogP contribution >= 0.6 is 23.2 Å². The van der Waals surface area contributed by atoms with Crippen molar-refractivity contribution in [3.05, 3.63) is 70.2 Å². The van der Waals surface area contributed by atoms with E-state index in [-0.39, 0.29) is 0 Å². The number of halogens is 2. The lowest BCUT2D eigenvalue weighted by molar-refractivity contribution is 0.434. The SMILES string of the molecule is Clc1ccc(-c2cc(NCc3ccccc3Cl)on2)cc1. The lowest BCUT2D eigenvalue weighted by Gasteiger charge is -2.03. The van der Waals surface area contributed by atoms with Crippen LogP contribution in [0.25, 0.3) is 11.3 Å². The van der Waals surface area contributed by atoms with Gasteiger partial charge in [-0.3, -0.25) is 0 Å². The third-order valence-electron chi connectivity index (χ3n) is 3.06. The first kappa shape index (κ1) is 14.0. The molecule has 106 valence electrons. The highest BCUT2D eigenvalue weighted by Crippen LogP contribution is 2.24. The summed E-state index contributed by atoms with van der Waals surface area (Å²) in [5, 5.41) is 8.62. The Bertz CT molecular complexity index is 738. The second-order valence-electron chi connectivity index (χ2n) is 4.53. The minimum Gasteiger partial charge on any atom is -0.350 e. The maximum atomic E-state index is 6.11. The van der Waals surface area contributed by atoms with E-state index in [1.807, 2.05) is 54.6 Å². The maximum absolute atomic E-state index is 6.11. The summed E-state index contributed by atoms with van der Waals surface area (Å²) in [7, 11) is 0. The lowest BCUT2D eigenvalue weighted by atomic mass is 10.1. The van der Waals surface area contributed by atoms with Crippen LogP contribution in [0.3, 0.4) is 0 Å². The Morgan fingerprint density at radius 2 is 1.76 bits per heavy atom. The van der Waals surface area contributed by atoms with Gasteiger partial charge in [-0.05, 0) is 23.8 Å². The molecular formula is C16H12Cl2N2O. The molecule has 0 bridgehead atoms. The number of nitrogens with zero attached hydrogens (tertiary/aromatic N) is 1. The standard InChI is InChI=1S/C16H12Cl2N2O/c17-13-7-5-11(6-8-13)15-9-16(21-20-15)19-10-12-3-1-2-4-14(12)18/h1-9,19H,10H2. The predicted molar refractivity (Wildman–Crippen MR) is 85.7 cm³/mol. The van der Waals surface area contributed by atoms with E-state index in [9.17, 15) is 0 Å². The Balaban J connectivity index is 1.71. The van der Waals surface area contributed by atoms with Gasteiger partial charge in [-0.15, -0.1) is 0 Å². The molecule has 0 radical (unpaired) electrons. The molecule has 0 saturated carbocycles. The van der Waals surface area contributed by atoms with Crippen LogP contribution in [0.5, 0.6) is 0 Å². The Labute approximate surface area is 132 Å². The smallest absolute Gasteiger partial charge is 0.225 e. The quantitative estimate of drug-likeness (QED) is 0.713. The first-order chi connectivity index (χ1) is 10.2. The molecule has 0 spiro atoms. The van der Waals surface area contributed by atoms with Crippen LogP contribution in [-0.4, -0.2) is 5.16 Å². The summed E-state index contributed by atoms with van der Waals surface area (Å²) in [6.45, 7) is 0.578. The van der Waals surface area contributed by atoms with E-state index in [0.717, 1.165) is 21.8 Å². The first-order valence-electron chi connectivity index (χ1n) is 6.42. The van der Waals surface area contributed by atoms with Gasteiger partial charge < -0.3 is 9.84 Å². The van der Waals surface area contributed by atoms with Crippen LogP contribution in [0.2, 0.25) is 10.0 Å². The highest BCUT2D eigenvalue weighted by molar-refractivity contribution is 6.31. The van der Waals surface area contributed by atoms with Crippen LogP contribution in [0.1, 0.15) is 5.56 Å².